The Labute approximate surface area is 196 Å². The lowest BCUT2D eigenvalue weighted by molar-refractivity contribution is -0.149. The van der Waals surface area contributed by atoms with E-state index in [1.165, 1.54) is 4.90 Å². The summed E-state index contributed by atoms with van der Waals surface area (Å²) in [6.45, 7) is 4.99. The Hall–Kier alpha value is -1.70. The molecule has 2 rings (SSSR count). The first-order chi connectivity index (χ1) is 14.3. The first-order valence-corrected chi connectivity index (χ1v) is 10.9. The molecule has 1 fully saturated rings. The van der Waals surface area contributed by atoms with Crippen LogP contribution < -0.4 is 0 Å². The number of carbonyl (C=O) groups is 3. The molecule has 0 spiro atoms. The second-order valence-corrected chi connectivity index (χ2v) is 10.8. The van der Waals surface area contributed by atoms with E-state index in [4.69, 9.17) is 49.0 Å². The fourth-order valence-electron chi connectivity index (χ4n) is 3.10. The Bertz CT molecular complexity index is 776. The zero-order valence-electron chi connectivity index (χ0n) is 17.6. The van der Waals surface area contributed by atoms with Crippen LogP contribution in [0.4, 0.5) is 4.79 Å². The smallest absolute Gasteiger partial charge is 0.411 e. The average molecular weight is 495 g/mol. The van der Waals surface area contributed by atoms with Crippen LogP contribution in [0.15, 0.2) is 30.3 Å². The minimum absolute atomic E-state index is 0.0420. The number of esters is 2. The molecule has 1 aromatic rings. The summed E-state index contributed by atoms with van der Waals surface area (Å²) in [5.74, 6) is -1.45. The van der Waals surface area contributed by atoms with Crippen molar-refractivity contribution in [2.24, 2.45) is 5.92 Å². The minimum Gasteiger partial charge on any atom is -0.461 e. The van der Waals surface area contributed by atoms with Crippen molar-refractivity contribution in [1.82, 2.24) is 4.90 Å². The molecule has 31 heavy (non-hydrogen) atoms. The molecule has 1 saturated heterocycles. The Morgan fingerprint density at radius 2 is 1.71 bits per heavy atom. The zero-order valence-corrected chi connectivity index (χ0v) is 19.9. The topological polar surface area (TPSA) is 82.1 Å². The van der Waals surface area contributed by atoms with Crippen LogP contribution in [0.3, 0.4) is 0 Å². The molecule has 0 unspecified atom stereocenters. The van der Waals surface area contributed by atoms with Gasteiger partial charge in [0.25, 0.3) is 0 Å². The summed E-state index contributed by atoms with van der Waals surface area (Å²) in [6.07, 6.45) is -0.429. The summed E-state index contributed by atoms with van der Waals surface area (Å²) >= 11 is 16.9. The van der Waals surface area contributed by atoms with Crippen LogP contribution in [-0.4, -0.2) is 51.5 Å². The molecule has 2 atom stereocenters. The van der Waals surface area contributed by atoms with Crippen LogP contribution in [-0.2, 0) is 30.4 Å². The Morgan fingerprint density at radius 3 is 2.29 bits per heavy atom. The van der Waals surface area contributed by atoms with Gasteiger partial charge < -0.3 is 14.2 Å². The summed E-state index contributed by atoms with van der Waals surface area (Å²) in [6, 6.07) is 8.33. The molecule has 1 aliphatic rings. The molecular formula is C21H26Cl3NO6. The van der Waals surface area contributed by atoms with Crippen molar-refractivity contribution < 1.29 is 28.6 Å². The molecule has 0 aromatic heterocycles. The van der Waals surface area contributed by atoms with Crippen LogP contribution in [0.2, 0.25) is 0 Å². The fourth-order valence-corrected chi connectivity index (χ4v) is 3.26. The lowest BCUT2D eigenvalue weighted by Crippen LogP contribution is -2.44. The lowest BCUT2D eigenvalue weighted by atomic mass is 10.0. The highest BCUT2D eigenvalue weighted by Gasteiger charge is 2.43. The highest BCUT2D eigenvalue weighted by molar-refractivity contribution is 6.67. The third kappa shape index (κ3) is 9.13. The van der Waals surface area contributed by atoms with Crippen LogP contribution in [0.1, 0.15) is 39.2 Å². The monoisotopic (exact) mass is 493 g/mol. The van der Waals surface area contributed by atoms with E-state index in [0.717, 1.165) is 5.56 Å². The minimum atomic E-state index is -1.77. The molecule has 0 aliphatic carbocycles. The van der Waals surface area contributed by atoms with Gasteiger partial charge in [-0.25, -0.2) is 9.59 Å². The number of amides is 1. The molecule has 7 nitrogen and oxygen atoms in total. The van der Waals surface area contributed by atoms with Gasteiger partial charge in [0.15, 0.2) is 0 Å². The van der Waals surface area contributed by atoms with Crippen molar-refractivity contribution in [3.8, 4) is 0 Å². The Kier molecular flexibility index (Phi) is 8.86. The van der Waals surface area contributed by atoms with E-state index in [1.54, 1.807) is 20.8 Å². The highest BCUT2D eigenvalue weighted by atomic mass is 35.6. The van der Waals surface area contributed by atoms with E-state index in [2.05, 4.69) is 0 Å². The molecule has 1 heterocycles. The standard InChI is InChI=1S/C21H26Cl3NO6/c1-20(2,3)31-19(28)25-11-15(9-16(25)18(27)30-13-21(22,23)24)10-17(26)29-12-14-7-5-4-6-8-14/h4-8,15-16H,9-13H2,1-3H3/t15-,16-/m0/s1. The van der Waals surface area contributed by atoms with Crippen LogP contribution in [0.5, 0.6) is 0 Å². The number of hydrogen-bond donors (Lipinski definition) is 0. The molecule has 10 heteroatoms. The number of alkyl halides is 3. The number of rotatable bonds is 6. The van der Waals surface area contributed by atoms with Crippen molar-refractivity contribution in [3.05, 3.63) is 35.9 Å². The quantitative estimate of drug-likeness (QED) is 0.325. The molecule has 1 amide bonds. The van der Waals surface area contributed by atoms with Gasteiger partial charge in [0.05, 0.1) is 6.42 Å². The number of ether oxygens (including phenoxy) is 3. The maximum atomic E-state index is 12.6. The number of likely N-dealkylation sites (tertiary alicyclic amines) is 1. The number of hydrogen-bond acceptors (Lipinski definition) is 6. The average Bonchev–Trinajstić information content (AvgIpc) is 3.07. The third-order valence-electron chi connectivity index (χ3n) is 4.36. The predicted octanol–water partition coefficient (Wildman–Crippen LogP) is 4.66. The highest BCUT2D eigenvalue weighted by Crippen LogP contribution is 2.31. The third-order valence-corrected chi connectivity index (χ3v) is 4.69. The van der Waals surface area contributed by atoms with Gasteiger partial charge in [0.2, 0.25) is 3.79 Å². The normalized spacial score (nSPS) is 19.1. The summed E-state index contributed by atoms with van der Waals surface area (Å²) in [7, 11) is 0. The summed E-state index contributed by atoms with van der Waals surface area (Å²) < 4.78 is 14.0. The summed E-state index contributed by atoms with van der Waals surface area (Å²) in [5.41, 5.74) is 0.112. The van der Waals surface area contributed by atoms with Crippen LogP contribution >= 0.6 is 34.8 Å². The van der Waals surface area contributed by atoms with E-state index in [9.17, 15) is 14.4 Å². The van der Waals surface area contributed by atoms with Crippen molar-refractivity contribution >= 4 is 52.8 Å². The lowest BCUT2D eigenvalue weighted by Gasteiger charge is -2.27. The summed E-state index contributed by atoms with van der Waals surface area (Å²) in [4.78, 5) is 38.7. The number of benzene rings is 1. The van der Waals surface area contributed by atoms with E-state index in [-0.39, 0.29) is 31.9 Å². The van der Waals surface area contributed by atoms with Crippen molar-refractivity contribution in [2.45, 2.75) is 55.7 Å². The Balaban J connectivity index is 2.00. The number of nitrogens with zero attached hydrogens (tertiary/aromatic N) is 1. The van der Waals surface area contributed by atoms with E-state index < -0.39 is 40.1 Å². The molecule has 1 aromatic carbocycles. The maximum Gasteiger partial charge on any atom is 0.411 e. The molecule has 0 radical (unpaired) electrons. The van der Waals surface area contributed by atoms with Gasteiger partial charge in [-0.3, -0.25) is 9.69 Å². The molecule has 172 valence electrons. The SMILES string of the molecule is CC(C)(C)OC(=O)N1C[C@H](CC(=O)OCc2ccccc2)C[C@H]1C(=O)OCC(Cl)(Cl)Cl. The largest absolute Gasteiger partial charge is 0.461 e. The molecule has 0 saturated carbocycles. The van der Waals surface area contributed by atoms with Gasteiger partial charge in [-0.2, -0.15) is 0 Å². The van der Waals surface area contributed by atoms with E-state index in [0.29, 0.717) is 0 Å². The van der Waals surface area contributed by atoms with Crippen molar-refractivity contribution in [2.75, 3.05) is 13.2 Å². The molecule has 1 aliphatic heterocycles. The molecule has 0 bridgehead atoms. The first kappa shape index (κ1) is 25.6. The van der Waals surface area contributed by atoms with E-state index in [1.807, 2.05) is 30.3 Å². The second kappa shape index (κ2) is 10.7. The zero-order chi connectivity index (χ0) is 23.2. The molecular weight excluding hydrogens is 469 g/mol. The van der Waals surface area contributed by atoms with Crippen LogP contribution in [0, 0.1) is 5.92 Å². The van der Waals surface area contributed by atoms with E-state index >= 15 is 0 Å². The summed E-state index contributed by atoms with van der Waals surface area (Å²) in [5, 5.41) is 0. The second-order valence-electron chi connectivity index (χ2n) is 8.32. The van der Waals surface area contributed by atoms with Gasteiger partial charge in [-0.1, -0.05) is 65.1 Å². The van der Waals surface area contributed by atoms with Gasteiger partial charge in [0.1, 0.15) is 24.9 Å². The van der Waals surface area contributed by atoms with Gasteiger partial charge in [-0.15, -0.1) is 0 Å². The van der Waals surface area contributed by atoms with Gasteiger partial charge in [-0.05, 0) is 38.7 Å². The first-order valence-electron chi connectivity index (χ1n) is 9.76. The van der Waals surface area contributed by atoms with Gasteiger partial charge >= 0.3 is 18.0 Å². The Morgan fingerprint density at radius 1 is 1.06 bits per heavy atom. The predicted molar refractivity (Wildman–Crippen MR) is 117 cm³/mol. The van der Waals surface area contributed by atoms with Crippen molar-refractivity contribution in [3.63, 3.8) is 0 Å². The fraction of sp³-hybridized carbons (Fsp3) is 0.571. The number of halogens is 3. The molecule has 0 N–H and O–H groups in total. The van der Waals surface area contributed by atoms with Crippen molar-refractivity contribution in [1.29, 1.82) is 0 Å². The number of carbonyl (C=O) groups excluding carboxylic acids is 3. The van der Waals surface area contributed by atoms with Crippen LogP contribution in [0.25, 0.3) is 0 Å². The van der Waals surface area contributed by atoms with Gasteiger partial charge in [0, 0.05) is 6.54 Å². The maximum absolute atomic E-state index is 12.6.